The van der Waals surface area contributed by atoms with Crippen molar-refractivity contribution in [1.29, 1.82) is 0 Å². The molecule has 0 saturated heterocycles. The number of nitrogens with one attached hydrogen (secondary N) is 1. The highest BCUT2D eigenvalue weighted by molar-refractivity contribution is 6.02. The molecule has 0 unspecified atom stereocenters. The molecule has 1 N–H and O–H groups in total. The van der Waals surface area contributed by atoms with Crippen LogP contribution < -0.4 is 5.32 Å². The van der Waals surface area contributed by atoms with Gasteiger partial charge in [0.05, 0.1) is 12.2 Å². The molecule has 3 aromatic rings. The highest BCUT2D eigenvalue weighted by atomic mass is 16.5. The fourth-order valence-corrected chi connectivity index (χ4v) is 2.57. The van der Waals surface area contributed by atoms with Crippen molar-refractivity contribution in [3.05, 3.63) is 83.9 Å². The van der Waals surface area contributed by atoms with E-state index in [-0.39, 0.29) is 11.9 Å². The third-order valence-electron chi connectivity index (χ3n) is 3.86. The molecule has 0 aliphatic heterocycles. The predicted octanol–water partition coefficient (Wildman–Crippen LogP) is 4.67. The van der Waals surface area contributed by atoms with E-state index in [0.717, 1.165) is 16.3 Å². The maximum atomic E-state index is 12.1. The Morgan fingerprint density at radius 3 is 2.42 bits per heavy atom. The molecule has 0 aliphatic carbocycles. The minimum Gasteiger partial charge on any atom is -0.462 e. The molecule has 3 rings (SSSR count). The summed E-state index contributed by atoms with van der Waals surface area (Å²) in [6.07, 6.45) is 3.26. The molecule has 26 heavy (non-hydrogen) atoms. The minimum absolute atomic E-state index is 0.234. The number of carbonyl (C=O) groups excluding carboxylic acids is 2. The van der Waals surface area contributed by atoms with Crippen molar-refractivity contribution in [3.63, 3.8) is 0 Å². The normalized spacial score (nSPS) is 10.8. The van der Waals surface area contributed by atoms with E-state index in [0.29, 0.717) is 17.9 Å². The van der Waals surface area contributed by atoms with E-state index >= 15 is 0 Å². The van der Waals surface area contributed by atoms with Gasteiger partial charge in [0, 0.05) is 11.8 Å². The van der Waals surface area contributed by atoms with E-state index in [1.807, 2.05) is 36.4 Å². The molecule has 0 spiro atoms. The van der Waals surface area contributed by atoms with Gasteiger partial charge in [0.1, 0.15) is 0 Å². The second-order valence-corrected chi connectivity index (χ2v) is 5.73. The Hall–Kier alpha value is -3.40. The Morgan fingerprint density at radius 1 is 0.962 bits per heavy atom. The van der Waals surface area contributed by atoms with E-state index in [9.17, 15) is 9.59 Å². The summed E-state index contributed by atoms with van der Waals surface area (Å²) >= 11 is 0. The summed E-state index contributed by atoms with van der Waals surface area (Å²) in [6.45, 7) is 2.09. The van der Waals surface area contributed by atoms with Crippen LogP contribution in [0.1, 0.15) is 22.8 Å². The maximum absolute atomic E-state index is 12.1. The number of amides is 1. The molecule has 0 aromatic heterocycles. The second kappa shape index (κ2) is 8.12. The third kappa shape index (κ3) is 4.36. The van der Waals surface area contributed by atoms with Gasteiger partial charge in [0.2, 0.25) is 5.91 Å². The second-order valence-electron chi connectivity index (χ2n) is 5.73. The van der Waals surface area contributed by atoms with Crippen LogP contribution in [-0.4, -0.2) is 18.5 Å². The van der Waals surface area contributed by atoms with Crippen molar-refractivity contribution in [2.45, 2.75) is 6.92 Å². The molecular formula is C22H19NO3. The zero-order valence-corrected chi connectivity index (χ0v) is 14.4. The van der Waals surface area contributed by atoms with Crippen LogP contribution in [0.3, 0.4) is 0 Å². The molecule has 3 aromatic carbocycles. The lowest BCUT2D eigenvalue weighted by Gasteiger charge is -2.04. The van der Waals surface area contributed by atoms with Crippen LogP contribution in [0.4, 0.5) is 5.69 Å². The van der Waals surface area contributed by atoms with E-state index in [2.05, 4.69) is 11.4 Å². The van der Waals surface area contributed by atoms with Gasteiger partial charge in [-0.15, -0.1) is 0 Å². The van der Waals surface area contributed by atoms with E-state index in [1.165, 1.54) is 6.08 Å². The molecule has 4 heteroatoms. The van der Waals surface area contributed by atoms with Crippen molar-refractivity contribution in [2.75, 3.05) is 11.9 Å². The first-order chi connectivity index (χ1) is 12.7. The number of esters is 1. The minimum atomic E-state index is -0.374. The average molecular weight is 345 g/mol. The lowest BCUT2D eigenvalue weighted by molar-refractivity contribution is -0.111. The summed E-state index contributed by atoms with van der Waals surface area (Å²) in [4.78, 5) is 23.7. The molecular weight excluding hydrogens is 326 g/mol. The zero-order valence-electron chi connectivity index (χ0n) is 14.4. The Kier molecular flexibility index (Phi) is 5.44. The molecule has 0 heterocycles. The first kappa shape index (κ1) is 17.4. The lowest BCUT2D eigenvalue weighted by atomic mass is 10.1. The number of ether oxygens (including phenoxy) is 1. The van der Waals surface area contributed by atoms with Crippen LogP contribution in [0.25, 0.3) is 16.8 Å². The van der Waals surface area contributed by atoms with Gasteiger partial charge in [-0.2, -0.15) is 0 Å². The van der Waals surface area contributed by atoms with Gasteiger partial charge in [-0.1, -0.05) is 36.4 Å². The van der Waals surface area contributed by atoms with Crippen molar-refractivity contribution < 1.29 is 14.3 Å². The van der Waals surface area contributed by atoms with Crippen LogP contribution in [0, 0.1) is 0 Å². The summed E-state index contributed by atoms with van der Waals surface area (Å²) < 4.78 is 4.93. The van der Waals surface area contributed by atoms with Crippen molar-refractivity contribution in [3.8, 4) is 0 Å². The molecule has 4 nitrogen and oxygen atoms in total. The van der Waals surface area contributed by atoms with Gasteiger partial charge in [-0.3, -0.25) is 4.79 Å². The number of rotatable bonds is 5. The summed E-state index contributed by atoms with van der Waals surface area (Å²) in [5.74, 6) is -0.608. The molecule has 0 atom stereocenters. The quantitative estimate of drug-likeness (QED) is 0.540. The van der Waals surface area contributed by atoms with Crippen LogP contribution in [0.2, 0.25) is 0 Å². The number of carbonyl (C=O) groups is 2. The molecule has 0 radical (unpaired) electrons. The number of hydrogen-bond acceptors (Lipinski definition) is 3. The van der Waals surface area contributed by atoms with Crippen LogP contribution >= 0.6 is 0 Å². The van der Waals surface area contributed by atoms with E-state index in [1.54, 1.807) is 37.3 Å². The van der Waals surface area contributed by atoms with E-state index < -0.39 is 0 Å². The van der Waals surface area contributed by atoms with Gasteiger partial charge >= 0.3 is 5.97 Å². The Morgan fingerprint density at radius 2 is 1.69 bits per heavy atom. The Balaban J connectivity index is 1.64. The van der Waals surface area contributed by atoms with Crippen molar-refractivity contribution in [1.82, 2.24) is 0 Å². The van der Waals surface area contributed by atoms with Gasteiger partial charge in [0.15, 0.2) is 0 Å². The lowest BCUT2D eigenvalue weighted by Crippen LogP contribution is -2.08. The predicted molar refractivity (Wildman–Crippen MR) is 104 cm³/mol. The van der Waals surface area contributed by atoms with Gasteiger partial charge in [-0.25, -0.2) is 4.79 Å². The largest absolute Gasteiger partial charge is 0.462 e. The summed E-state index contributed by atoms with van der Waals surface area (Å²) in [5, 5.41) is 5.06. The first-order valence-electron chi connectivity index (χ1n) is 8.41. The molecule has 0 aliphatic rings. The van der Waals surface area contributed by atoms with Crippen LogP contribution in [0.15, 0.2) is 72.8 Å². The molecule has 0 fully saturated rings. The zero-order chi connectivity index (χ0) is 18.4. The fraction of sp³-hybridized carbons (Fsp3) is 0.0909. The maximum Gasteiger partial charge on any atom is 0.338 e. The molecule has 0 saturated carbocycles. The van der Waals surface area contributed by atoms with Gasteiger partial charge in [-0.05, 0) is 59.7 Å². The smallest absolute Gasteiger partial charge is 0.338 e. The van der Waals surface area contributed by atoms with Crippen molar-refractivity contribution >= 4 is 34.4 Å². The van der Waals surface area contributed by atoms with Gasteiger partial charge < -0.3 is 10.1 Å². The number of hydrogen-bond donors (Lipinski definition) is 1. The molecule has 1 amide bonds. The highest BCUT2D eigenvalue weighted by Crippen LogP contribution is 2.16. The summed E-state index contributed by atoms with van der Waals surface area (Å²) in [6, 6.07) is 20.7. The average Bonchev–Trinajstić information content (AvgIpc) is 2.67. The molecule has 130 valence electrons. The number of fused-ring (bicyclic) bond motifs is 1. The fourth-order valence-electron chi connectivity index (χ4n) is 2.57. The summed E-state index contributed by atoms with van der Waals surface area (Å²) in [5.41, 5.74) is 2.03. The molecule has 0 bridgehead atoms. The van der Waals surface area contributed by atoms with E-state index in [4.69, 9.17) is 4.74 Å². The Bertz CT molecular complexity index is 959. The van der Waals surface area contributed by atoms with Gasteiger partial charge in [0.25, 0.3) is 0 Å². The number of benzene rings is 3. The Labute approximate surface area is 152 Å². The topological polar surface area (TPSA) is 55.4 Å². The number of anilines is 1. The monoisotopic (exact) mass is 345 g/mol. The van der Waals surface area contributed by atoms with Crippen molar-refractivity contribution in [2.24, 2.45) is 0 Å². The summed E-state index contributed by atoms with van der Waals surface area (Å²) in [7, 11) is 0. The first-order valence-corrected chi connectivity index (χ1v) is 8.41. The standard InChI is InChI=1S/C22H19NO3/c1-2-26-22(25)18-10-12-20(13-11-18)23-21(24)14-8-16-7-9-17-5-3-4-6-19(17)15-16/h3-15H,2H2,1H3,(H,23,24). The van der Waals surface area contributed by atoms with Crippen LogP contribution in [0.5, 0.6) is 0 Å². The third-order valence-corrected chi connectivity index (χ3v) is 3.86. The highest BCUT2D eigenvalue weighted by Gasteiger charge is 2.06. The SMILES string of the molecule is CCOC(=O)c1ccc(NC(=O)C=Cc2ccc3ccccc3c2)cc1. The van der Waals surface area contributed by atoms with Crippen LogP contribution in [-0.2, 0) is 9.53 Å².